The molecular formula is C33H40ClFN6O2. The Balaban J connectivity index is 1.34. The number of aromatic amines is 1. The lowest BCUT2D eigenvalue weighted by Gasteiger charge is -2.31. The van der Waals surface area contributed by atoms with Crippen molar-refractivity contribution >= 4 is 28.5 Å². The molecule has 43 heavy (non-hydrogen) atoms. The number of rotatable bonds is 11. The van der Waals surface area contributed by atoms with Crippen LogP contribution < -0.4 is 16.7 Å². The van der Waals surface area contributed by atoms with Crippen LogP contribution in [0.15, 0.2) is 58.4 Å². The molecule has 0 amide bonds. The molecule has 0 unspecified atom stereocenters. The summed E-state index contributed by atoms with van der Waals surface area (Å²) in [5.41, 5.74) is 9.27. The number of nitrogens with one attached hydrogen (secondary N) is 2. The number of aryl methyl sites for hydroxylation is 1. The maximum absolute atomic E-state index is 15.1. The number of halogens is 2. The number of amidine groups is 1. The van der Waals surface area contributed by atoms with E-state index in [1.54, 1.807) is 24.4 Å². The van der Waals surface area contributed by atoms with Gasteiger partial charge in [0.05, 0.1) is 22.2 Å². The molecule has 1 saturated heterocycles. The molecule has 2 aromatic carbocycles. The van der Waals surface area contributed by atoms with Gasteiger partial charge in [0, 0.05) is 42.4 Å². The number of H-pyrrole nitrogens is 1. The summed E-state index contributed by atoms with van der Waals surface area (Å²) in [7, 11) is 0. The molecule has 5 N–H and O–H groups in total. The predicted molar refractivity (Wildman–Crippen MR) is 172 cm³/mol. The van der Waals surface area contributed by atoms with Crippen molar-refractivity contribution in [1.82, 2.24) is 19.9 Å². The van der Waals surface area contributed by atoms with E-state index in [1.807, 2.05) is 26.0 Å². The smallest absolute Gasteiger partial charge is 0.354 e. The van der Waals surface area contributed by atoms with Gasteiger partial charge < -0.3 is 21.1 Å². The summed E-state index contributed by atoms with van der Waals surface area (Å²) in [6.07, 6.45) is 8.44. The molecule has 10 heteroatoms. The molecule has 4 aromatic rings. The third kappa shape index (κ3) is 7.52. The maximum atomic E-state index is 15.1. The minimum atomic E-state index is -0.521. The van der Waals surface area contributed by atoms with Crippen molar-refractivity contribution < 1.29 is 9.50 Å². The van der Waals surface area contributed by atoms with E-state index in [-0.39, 0.29) is 23.6 Å². The molecule has 8 nitrogen and oxygen atoms in total. The Morgan fingerprint density at radius 1 is 1.26 bits per heavy atom. The van der Waals surface area contributed by atoms with E-state index in [9.17, 15) is 9.90 Å². The molecule has 3 heterocycles. The summed E-state index contributed by atoms with van der Waals surface area (Å²) in [4.78, 5) is 24.7. The highest BCUT2D eigenvalue weighted by Crippen LogP contribution is 2.32. The highest BCUT2D eigenvalue weighted by Gasteiger charge is 2.22. The summed E-state index contributed by atoms with van der Waals surface area (Å²) in [6.45, 7) is 4.68. The van der Waals surface area contributed by atoms with Crippen LogP contribution in [0, 0.1) is 11.7 Å². The monoisotopic (exact) mass is 606 g/mol. The minimum Gasteiger partial charge on any atom is -0.396 e. The van der Waals surface area contributed by atoms with Gasteiger partial charge >= 0.3 is 5.69 Å². The fourth-order valence-electron chi connectivity index (χ4n) is 5.83. The molecule has 0 radical (unpaired) electrons. The first kappa shape index (κ1) is 30.9. The second-order valence-corrected chi connectivity index (χ2v) is 12.2. The second-order valence-electron chi connectivity index (χ2n) is 11.7. The number of benzene rings is 2. The van der Waals surface area contributed by atoms with E-state index < -0.39 is 11.5 Å². The Morgan fingerprint density at radius 3 is 2.79 bits per heavy atom. The van der Waals surface area contributed by atoms with Gasteiger partial charge in [-0.1, -0.05) is 37.1 Å². The van der Waals surface area contributed by atoms with Crippen molar-refractivity contribution in [2.24, 2.45) is 16.6 Å². The minimum absolute atomic E-state index is 0.0481. The zero-order valence-corrected chi connectivity index (χ0v) is 25.5. The first-order chi connectivity index (χ1) is 20.7. The van der Waals surface area contributed by atoms with Crippen molar-refractivity contribution in [1.29, 1.82) is 0 Å². The van der Waals surface area contributed by atoms with Crippen molar-refractivity contribution in [3.05, 3.63) is 81.1 Å². The Morgan fingerprint density at radius 2 is 2.05 bits per heavy atom. The molecule has 3 atom stereocenters. The van der Waals surface area contributed by atoms with Crippen molar-refractivity contribution in [3.8, 4) is 16.9 Å². The van der Waals surface area contributed by atoms with Crippen molar-refractivity contribution in [2.75, 3.05) is 13.2 Å². The highest BCUT2D eigenvalue weighted by atomic mass is 35.5. The van der Waals surface area contributed by atoms with Gasteiger partial charge in [0.1, 0.15) is 5.65 Å². The van der Waals surface area contributed by atoms with Gasteiger partial charge in [-0.3, -0.25) is 9.56 Å². The van der Waals surface area contributed by atoms with Crippen LogP contribution in [-0.4, -0.2) is 44.7 Å². The van der Waals surface area contributed by atoms with Crippen LogP contribution in [0.25, 0.3) is 28.0 Å². The number of hydrogen-bond acceptors (Lipinski definition) is 5. The topological polar surface area (TPSA) is 121 Å². The van der Waals surface area contributed by atoms with E-state index in [1.165, 1.54) is 10.1 Å². The number of nitrogens with two attached hydrogens (primary N) is 1. The Bertz CT molecular complexity index is 1640. The lowest BCUT2D eigenvalue weighted by Crippen LogP contribution is -2.37. The van der Waals surface area contributed by atoms with E-state index in [0.717, 1.165) is 57.1 Å². The Kier molecular flexibility index (Phi) is 9.95. The maximum Gasteiger partial charge on any atom is 0.354 e. The number of aliphatic hydroxyl groups is 1. The molecule has 0 saturated carbocycles. The molecule has 0 aliphatic carbocycles. The largest absolute Gasteiger partial charge is 0.396 e. The van der Waals surface area contributed by atoms with Crippen LogP contribution in [-0.2, 0) is 6.42 Å². The summed E-state index contributed by atoms with van der Waals surface area (Å²) in [5, 5.41) is 13.8. The highest BCUT2D eigenvalue weighted by molar-refractivity contribution is 6.31. The lowest BCUT2D eigenvalue weighted by atomic mass is 9.92. The van der Waals surface area contributed by atoms with Crippen molar-refractivity contribution in [2.45, 2.75) is 70.9 Å². The molecular weight excluding hydrogens is 567 g/mol. The number of nitrogens with zero attached hydrogens (tertiary/aromatic N) is 3. The molecule has 0 spiro atoms. The number of aromatic nitrogens is 3. The molecule has 2 aromatic heterocycles. The molecule has 1 aliphatic rings. The lowest BCUT2D eigenvalue weighted by molar-refractivity contribution is 0.228. The van der Waals surface area contributed by atoms with Crippen LogP contribution in [0.1, 0.15) is 69.5 Å². The van der Waals surface area contributed by atoms with Crippen LogP contribution in [0.3, 0.4) is 0 Å². The van der Waals surface area contributed by atoms with E-state index in [0.29, 0.717) is 39.9 Å². The first-order valence-corrected chi connectivity index (χ1v) is 15.4. The molecule has 5 rings (SSSR count). The molecule has 1 fully saturated rings. The van der Waals surface area contributed by atoms with Crippen LogP contribution in [0.5, 0.6) is 0 Å². The SMILES string of the molecule is CC(N)=NCC[C@@H]1CCC[C@@H](c2ccc(-n3cc4cc(-c5cc(CCC[C@@H](C)CO)cc(Cl)c5F)[nH]c4nc3=O)cc2)N1. The third-order valence-electron chi connectivity index (χ3n) is 8.25. The number of hydrogen-bond donors (Lipinski definition) is 4. The van der Waals surface area contributed by atoms with Crippen molar-refractivity contribution in [3.63, 3.8) is 0 Å². The predicted octanol–water partition coefficient (Wildman–Crippen LogP) is 6.07. The van der Waals surface area contributed by atoms with Gasteiger partial charge in [0.15, 0.2) is 5.82 Å². The van der Waals surface area contributed by atoms with Crippen LogP contribution in [0.4, 0.5) is 4.39 Å². The normalized spacial score (nSPS) is 18.3. The molecule has 0 bridgehead atoms. The average Bonchev–Trinajstić information content (AvgIpc) is 3.41. The Labute approximate surface area is 256 Å². The van der Waals surface area contributed by atoms with Gasteiger partial charge in [-0.05, 0) is 92.8 Å². The first-order valence-electron chi connectivity index (χ1n) is 15.1. The second kappa shape index (κ2) is 13.8. The van der Waals surface area contributed by atoms with E-state index in [2.05, 4.69) is 32.4 Å². The fraction of sp³-hybridized carbons (Fsp3) is 0.424. The van der Waals surface area contributed by atoms with Crippen LogP contribution in [0.2, 0.25) is 5.02 Å². The van der Waals surface area contributed by atoms with Gasteiger partial charge in [-0.15, -0.1) is 0 Å². The fourth-order valence-corrected chi connectivity index (χ4v) is 6.07. The van der Waals surface area contributed by atoms with Gasteiger partial charge in [0.25, 0.3) is 0 Å². The summed E-state index contributed by atoms with van der Waals surface area (Å²) < 4.78 is 16.7. The van der Waals surface area contributed by atoms with Gasteiger partial charge in [-0.25, -0.2) is 9.18 Å². The number of piperidine rings is 1. The van der Waals surface area contributed by atoms with Gasteiger partial charge in [0.2, 0.25) is 0 Å². The molecule has 1 aliphatic heterocycles. The quantitative estimate of drug-likeness (QED) is 0.122. The number of fused-ring (bicyclic) bond motifs is 1. The third-order valence-corrected chi connectivity index (χ3v) is 8.53. The zero-order valence-electron chi connectivity index (χ0n) is 24.7. The zero-order chi connectivity index (χ0) is 30.5. The Hall–Kier alpha value is -3.53. The average molecular weight is 607 g/mol. The molecule has 228 valence electrons. The van der Waals surface area contributed by atoms with E-state index in [4.69, 9.17) is 17.3 Å². The van der Waals surface area contributed by atoms with Crippen LogP contribution >= 0.6 is 11.6 Å². The summed E-state index contributed by atoms with van der Waals surface area (Å²) >= 11 is 6.26. The van der Waals surface area contributed by atoms with E-state index >= 15 is 4.39 Å². The van der Waals surface area contributed by atoms with Gasteiger partial charge in [-0.2, -0.15) is 4.98 Å². The summed E-state index contributed by atoms with van der Waals surface area (Å²) in [5.74, 6) is 0.308. The number of aliphatic imine (C=N–C) groups is 1. The number of aliphatic hydroxyl groups excluding tert-OH is 1. The standard InChI is InChI=1S/C33H40ClFN6O2/c1-20(19-42)5-3-6-22-15-27(31(35)28(34)16-22)30-17-24-18-41(33(43)40-32(24)39-30)26-11-9-23(10-12-26)29-8-4-7-25(38-29)13-14-37-21(2)36/h9-12,15-18,20,25,29,38,42H,3-8,13-14,19H2,1-2H3,(H2,36,37)(H,39,40,43)/t20-,25+,29+/m1/s1. The summed E-state index contributed by atoms with van der Waals surface area (Å²) in [6, 6.07) is 13.9.